The van der Waals surface area contributed by atoms with E-state index < -0.39 is 11.9 Å². The van der Waals surface area contributed by atoms with Crippen molar-refractivity contribution in [1.29, 1.82) is 0 Å². The van der Waals surface area contributed by atoms with Gasteiger partial charge in [-0.15, -0.1) is 0 Å². The zero-order valence-electron chi connectivity index (χ0n) is 13.0. The normalized spacial score (nSPS) is 18.7. The Labute approximate surface area is 137 Å². The smallest absolute Gasteiger partial charge is 0.333 e. The Balaban J connectivity index is 1.86. The molecule has 0 radical (unpaired) electrons. The van der Waals surface area contributed by atoms with Gasteiger partial charge < -0.3 is 10.2 Å². The monoisotopic (exact) mass is 338 g/mol. The number of hydrogen-bond acceptors (Lipinski definition) is 3. The minimum atomic E-state index is -4.49. The molecule has 0 aliphatic carbocycles. The summed E-state index contributed by atoms with van der Waals surface area (Å²) in [6.45, 7) is 4.00. The lowest BCUT2D eigenvalue weighted by Crippen LogP contribution is -2.52. The number of aromatic nitrogens is 2. The fraction of sp³-hybridized carbons (Fsp3) is 0.375. The quantitative estimate of drug-likeness (QED) is 0.914. The number of halogens is 3. The zero-order valence-corrected chi connectivity index (χ0v) is 13.0. The number of amides is 1. The predicted molar refractivity (Wildman–Crippen MR) is 81.9 cm³/mol. The second kappa shape index (κ2) is 6.27. The molecule has 1 aromatic heterocycles. The van der Waals surface area contributed by atoms with Crippen molar-refractivity contribution in [2.45, 2.75) is 19.1 Å². The summed E-state index contributed by atoms with van der Waals surface area (Å²) < 4.78 is 39.1. The number of rotatable bonds is 2. The average molecular weight is 338 g/mol. The molecule has 1 aliphatic heterocycles. The molecule has 0 spiro atoms. The molecule has 128 valence electrons. The van der Waals surface area contributed by atoms with Gasteiger partial charge in [0.1, 0.15) is 0 Å². The van der Waals surface area contributed by atoms with E-state index in [2.05, 4.69) is 10.4 Å². The third-order valence-electron chi connectivity index (χ3n) is 4.00. The van der Waals surface area contributed by atoms with E-state index in [1.165, 1.54) is 6.20 Å². The van der Waals surface area contributed by atoms with E-state index in [0.717, 1.165) is 23.8 Å². The summed E-state index contributed by atoms with van der Waals surface area (Å²) in [5.74, 6) is -0.131. The van der Waals surface area contributed by atoms with E-state index in [9.17, 15) is 18.0 Å². The van der Waals surface area contributed by atoms with Crippen molar-refractivity contribution in [1.82, 2.24) is 20.0 Å². The minimum absolute atomic E-state index is 0.0661. The summed E-state index contributed by atoms with van der Waals surface area (Å²) in [7, 11) is 0. The predicted octanol–water partition coefficient (Wildman–Crippen LogP) is 2.33. The Morgan fingerprint density at radius 2 is 2.12 bits per heavy atom. The first-order chi connectivity index (χ1) is 11.4. The maximum absolute atomic E-state index is 12.7. The number of nitrogens with zero attached hydrogens (tertiary/aromatic N) is 3. The average Bonchev–Trinajstić information content (AvgIpc) is 3.05. The summed E-state index contributed by atoms with van der Waals surface area (Å²) in [5, 5.41) is 6.75. The van der Waals surface area contributed by atoms with Gasteiger partial charge in [0.05, 0.1) is 5.69 Å². The molecule has 8 heteroatoms. The molecule has 1 aliphatic rings. The first-order valence-corrected chi connectivity index (χ1v) is 7.61. The van der Waals surface area contributed by atoms with Gasteiger partial charge in [-0.05, 0) is 31.2 Å². The summed E-state index contributed by atoms with van der Waals surface area (Å²) >= 11 is 0. The molecule has 1 amide bonds. The minimum Gasteiger partial charge on any atom is -0.333 e. The third kappa shape index (κ3) is 3.28. The Morgan fingerprint density at radius 3 is 2.79 bits per heavy atom. The molecule has 0 bridgehead atoms. The number of nitrogens with one attached hydrogen (secondary N) is 1. The van der Waals surface area contributed by atoms with Gasteiger partial charge in [-0.25, -0.2) is 4.68 Å². The van der Waals surface area contributed by atoms with Crippen molar-refractivity contribution in [3.8, 4) is 5.69 Å². The molecule has 5 nitrogen and oxygen atoms in total. The topological polar surface area (TPSA) is 50.2 Å². The highest BCUT2D eigenvalue weighted by Crippen LogP contribution is 2.28. The number of carbonyl (C=O) groups is 1. The van der Waals surface area contributed by atoms with Crippen LogP contribution < -0.4 is 5.32 Å². The maximum Gasteiger partial charge on any atom is 0.435 e. The van der Waals surface area contributed by atoms with Crippen LogP contribution in [0.3, 0.4) is 0 Å². The van der Waals surface area contributed by atoms with Gasteiger partial charge >= 0.3 is 6.18 Å². The van der Waals surface area contributed by atoms with Crippen LogP contribution in [-0.4, -0.2) is 46.3 Å². The highest BCUT2D eigenvalue weighted by atomic mass is 19.4. The van der Waals surface area contributed by atoms with Gasteiger partial charge in [-0.2, -0.15) is 18.3 Å². The molecule has 1 saturated heterocycles. The Bertz CT molecular complexity index is 741. The van der Waals surface area contributed by atoms with Gasteiger partial charge in [-0.1, -0.05) is 6.07 Å². The fourth-order valence-corrected chi connectivity index (χ4v) is 2.71. The summed E-state index contributed by atoms with van der Waals surface area (Å²) in [6, 6.07) is 7.46. The van der Waals surface area contributed by atoms with E-state index in [1.807, 2.05) is 6.92 Å². The van der Waals surface area contributed by atoms with Crippen molar-refractivity contribution in [2.24, 2.45) is 0 Å². The lowest BCUT2D eigenvalue weighted by molar-refractivity contribution is -0.141. The first kappa shape index (κ1) is 16.5. The van der Waals surface area contributed by atoms with Crippen LogP contribution in [0.5, 0.6) is 0 Å². The lowest BCUT2D eigenvalue weighted by Gasteiger charge is -2.34. The van der Waals surface area contributed by atoms with Crippen LogP contribution in [0.4, 0.5) is 13.2 Å². The first-order valence-electron chi connectivity index (χ1n) is 7.61. The van der Waals surface area contributed by atoms with E-state index >= 15 is 0 Å². The SMILES string of the molecule is CC1CNCCN1C(=O)c1cccc(-n2ccc(C(F)(F)F)n2)c1. The van der Waals surface area contributed by atoms with Crippen LogP contribution in [0.15, 0.2) is 36.5 Å². The van der Waals surface area contributed by atoms with Crippen molar-refractivity contribution < 1.29 is 18.0 Å². The van der Waals surface area contributed by atoms with Crippen molar-refractivity contribution in [3.05, 3.63) is 47.8 Å². The molecule has 1 fully saturated rings. The van der Waals surface area contributed by atoms with Crippen LogP contribution >= 0.6 is 0 Å². The van der Waals surface area contributed by atoms with Gasteiger partial charge in [0.25, 0.3) is 5.91 Å². The van der Waals surface area contributed by atoms with Crippen molar-refractivity contribution >= 4 is 5.91 Å². The standard InChI is InChI=1S/C16H17F3N4O/c1-11-10-20-6-8-22(11)15(24)12-3-2-4-13(9-12)23-7-5-14(21-23)16(17,18)19/h2-5,7,9,11,20H,6,8,10H2,1H3. The Kier molecular flexibility index (Phi) is 4.31. The van der Waals surface area contributed by atoms with E-state index in [4.69, 9.17) is 0 Å². The molecule has 2 aromatic rings. The summed E-state index contributed by atoms with van der Waals surface area (Å²) in [5.41, 5.74) is -0.112. The Morgan fingerprint density at radius 1 is 1.33 bits per heavy atom. The van der Waals surface area contributed by atoms with Crippen LogP contribution in [0, 0.1) is 0 Å². The van der Waals surface area contributed by atoms with Crippen molar-refractivity contribution in [2.75, 3.05) is 19.6 Å². The molecule has 1 N–H and O–H groups in total. The van der Waals surface area contributed by atoms with Gasteiger partial charge in [0.15, 0.2) is 5.69 Å². The maximum atomic E-state index is 12.7. The lowest BCUT2D eigenvalue weighted by atomic mass is 10.1. The van der Waals surface area contributed by atoms with Gasteiger partial charge in [-0.3, -0.25) is 4.79 Å². The van der Waals surface area contributed by atoms with E-state index in [1.54, 1.807) is 29.2 Å². The number of alkyl halides is 3. The van der Waals surface area contributed by atoms with Gasteiger partial charge in [0.2, 0.25) is 0 Å². The summed E-state index contributed by atoms with van der Waals surface area (Å²) in [6.07, 6.45) is -3.26. The van der Waals surface area contributed by atoms with Crippen LogP contribution in [-0.2, 0) is 6.18 Å². The molecular weight excluding hydrogens is 321 g/mol. The molecule has 1 aromatic carbocycles. The third-order valence-corrected chi connectivity index (χ3v) is 4.00. The second-order valence-corrected chi connectivity index (χ2v) is 5.75. The molecular formula is C16H17F3N4O. The van der Waals surface area contributed by atoms with E-state index in [-0.39, 0.29) is 11.9 Å². The molecule has 24 heavy (non-hydrogen) atoms. The molecule has 1 unspecified atom stereocenters. The molecule has 3 rings (SSSR count). The second-order valence-electron chi connectivity index (χ2n) is 5.75. The largest absolute Gasteiger partial charge is 0.435 e. The number of piperazine rings is 1. The van der Waals surface area contributed by atoms with Gasteiger partial charge in [0, 0.05) is 37.4 Å². The Hall–Kier alpha value is -2.35. The number of carbonyl (C=O) groups excluding carboxylic acids is 1. The molecule has 1 atom stereocenters. The van der Waals surface area contributed by atoms with Crippen LogP contribution in [0.25, 0.3) is 5.69 Å². The van der Waals surface area contributed by atoms with Crippen LogP contribution in [0.1, 0.15) is 23.0 Å². The van der Waals surface area contributed by atoms with Crippen LogP contribution in [0.2, 0.25) is 0 Å². The molecule has 2 heterocycles. The van der Waals surface area contributed by atoms with Crippen molar-refractivity contribution in [3.63, 3.8) is 0 Å². The highest BCUT2D eigenvalue weighted by molar-refractivity contribution is 5.95. The summed E-state index contributed by atoms with van der Waals surface area (Å²) in [4.78, 5) is 14.4. The molecule has 0 saturated carbocycles. The highest BCUT2D eigenvalue weighted by Gasteiger charge is 2.33. The number of hydrogen-bond donors (Lipinski definition) is 1. The number of benzene rings is 1. The van der Waals surface area contributed by atoms with E-state index in [0.29, 0.717) is 17.8 Å². The fourth-order valence-electron chi connectivity index (χ4n) is 2.71. The zero-order chi connectivity index (χ0) is 17.3.